The molecule has 2 aliphatic rings. The van der Waals surface area contributed by atoms with E-state index in [9.17, 15) is 4.79 Å². The average molecular weight is 318 g/mol. The van der Waals surface area contributed by atoms with E-state index in [-0.39, 0.29) is 5.91 Å². The summed E-state index contributed by atoms with van der Waals surface area (Å²) in [4.78, 5) is 18.7. The highest BCUT2D eigenvalue weighted by Gasteiger charge is 2.18. The van der Waals surface area contributed by atoms with Gasteiger partial charge in [-0.3, -0.25) is 4.79 Å². The number of pyridine rings is 1. The number of aromatic nitrogens is 1. The Hall–Kier alpha value is -1.66. The number of carbonyl (C=O) groups excluding carboxylic acids is 1. The molecule has 0 spiro atoms. The first-order valence-corrected chi connectivity index (χ1v) is 8.60. The fraction of sp³-hybridized carbons (Fsp3) is 0.647. The molecule has 1 aromatic heterocycles. The molecule has 23 heavy (non-hydrogen) atoms. The number of nitrogens with zero attached hydrogens (tertiary/aromatic N) is 2. The number of rotatable bonds is 4. The lowest BCUT2D eigenvalue weighted by atomic mass is 10.1. The lowest BCUT2D eigenvalue weighted by Crippen LogP contribution is -2.35. The van der Waals surface area contributed by atoms with Crippen LogP contribution in [0.25, 0.3) is 0 Å². The Balaban J connectivity index is 1.51. The van der Waals surface area contributed by atoms with Crippen molar-refractivity contribution < 1.29 is 9.53 Å². The molecule has 6 heteroatoms. The molecule has 126 valence electrons. The van der Waals surface area contributed by atoms with Crippen LogP contribution in [0.1, 0.15) is 29.6 Å². The predicted molar refractivity (Wildman–Crippen MR) is 89.7 cm³/mol. The summed E-state index contributed by atoms with van der Waals surface area (Å²) in [5.74, 6) is 1.35. The third kappa shape index (κ3) is 4.65. The zero-order chi connectivity index (χ0) is 15.9. The normalized spacial score (nSPS) is 22.4. The van der Waals surface area contributed by atoms with Crippen LogP contribution in [-0.4, -0.2) is 61.7 Å². The van der Waals surface area contributed by atoms with Crippen LogP contribution in [0.4, 0.5) is 5.82 Å². The fourth-order valence-corrected chi connectivity index (χ4v) is 3.04. The van der Waals surface area contributed by atoms with Gasteiger partial charge in [0.1, 0.15) is 5.82 Å². The number of carbonyl (C=O) groups is 1. The van der Waals surface area contributed by atoms with E-state index in [0.717, 1.165) is 64.6 Å². The van der Waals surface area contributed by atoms with Gasteiger partial charge < -0.3 is 20.3 Å². The van der Waals surface area contributed by atoms with E-state index in [2.05, 4.69) is 15.6 Å². The monoisotopic (exact) mass is 318 g/mol. The standard InChI is InChI=1S/C17H26N4O2/c22-17(21-7-2-1-3-8-21)15-4-5-16(20-12-15)19-11-14-10-18-6-9-23-13-14/h4-5,12,14,18H,1-3,6-11,13H2,(H,19,20)/t14-/m1/s1. The summed E-state index contributed by atoms with van der Waals surface area (Å²) in [7, 11) is 0. The second-order valence-electron chi connectivity index (χ2n) is 6.31. The zero-order valence-corrected chi connectivity index (χ0v) is 13.6. The highest BCUT2D eigenvalue weighted by Crippen LogP contribution is 2.14. The van der Waals surface area contributed by atoms with Gasteiger partial charge in [-0.2, -0.15) is 0 Å². The molecule has 2 fully saturated rings. The van der Waals surface area contributed by atoms with Gasteiger partial charge in [-0.05, 0) is 31.4 Å². The van der Waals surface area contributed by atoms with Gasteiger partial charge in [0.05, 0.1) is 18.8 Å². The molecule has 2 N–H and O–H groups in total. The van der Waals surface area contributed by atoms with E-state index in [1.807, 2.05) is 17.0 Å². The smallest absolute Gasteiger partial charge is 0.255 e. The molecular formula is C17H26N4O2. The van der Waals surface area contributed by atoms with Crippen molar-refractivity contribution in [2.24, 2.45) is 5.92 Å². The minimum atomic E-state index is 0.102. The van der Waals surface area contributed by atoms with E-state index >= 15 is 0 Å². The number of hydrogen-bond acceptors (Lipinski definition) is 5. The van der Waals surface area contributed by atoms with Crippen molar-refractivity contribution in [1.82, 2.24) is 15.2 Å². The van der Waals surface area contributed by atoms with Gasteiger partial charge in [0.2, 0.25) is 0 Å². The highest BCUT2D eigenvalue weighted by molar-refractivity contribution is 5.94. The summed E-state index contributed by atoms with van der Waals surface area (Å²) in [5, 5.41) is 6.69. The molecule has 1 amide bonds. The summed E-state index contributed by atoms with van der Waals surface area (Å²) in [5.41, 5.74) is 0.678. The Morgan fingerprint density at radius 3 is 3.00 bits per heavy atom. The van der Waals surface area contributed by atoms with Crippen molar-refractivity contribution in [3.63, 3.8) is 0 Å². The maximum Gasteiger partial charge on any atom is 0.255 e. The number of ether oxygens (including phenoxy) is 1. The Morgan fingerprint density at radius 1 is 1.35 bits per heavy atom. The molecule has 0 saturated carbocycles. The van der Waals surface area contributed by atoms with E-state index in [1.165, 1.54) is 6.42 Å². The molecule has 2 aliphatic heterocycles. The summed E-state index contributed by atoms with van der Waals surface area (Å²) in [6.45, 7) is 5.98. The lowest BCUT2D eigenvalue weighted by Gasteiger charge is -2.26. The largest absolute Gasteiger partial charge is 0.380 e. The van der Waals surface area contributed by atoms with E-state index in [4.69, 9.17) is 4.74 Å². The Morgan fingerprint density at radius 2 is 2.22 bits per heavy atom. The molecule has 1 atom stereocenters. The maximum atomic E-state index is 12.4. The van der Waals surface area contributed by atoms with Gasteiger partial charge in [-0.15, -0.1) is 0 Å². The first-order chi connectivity index (χ1) is 11.3. The van der Waals surface area contributed by atoms with Crippen molar-refractivity contribution in [3.8, 4) is 0 Å². The molecule has 2 saturated heterocycles. The number of nitrogens with one attached hydrogen (secondary N) is 2. The first-order valence-electron chi connectivity index (χ1n) is 8.60. The Kier molecular flexibility index (Phi) is 5.82. The Labute approximate surface area is 137 Å². The van der Waals surface area contributed by atoms with Crippen LogP contribution in [-0.2, 0) is 4.74 Å². The molecule has 1 aromatic rings. The van der Waals surface area contributed by atoms with Crippen LogP contribution in [0.5, 0.6) is 0 Å². The van der Waals surface area contributed by atoms with Crippen LogP contribution < -0.4 is 10.6 Å². The van der Waals surface area contributed by atoms with Gasteiger partial charge >= 0.3 is 0 Å². The van der Waals surface area contributed by atoms with Crippen molar-refractivity contribution in [3.05, 3.63) is 23.9 Å². The topological polar surface area (TPSA) is 66.5 Å². The molecule has 3 heterocycles. The minimum absolute atomic E-state index is 0.102. The second kappa shape index (κ2) is 8.26. The molecule has 0 aromatic carbocycles. The van der Waals surface area contributed by atoms with Crippen molar-refractivity contribution >= 4 is 11.7 Å². The minimum Gasteiger partial charge on any atom is -0.380 e. The first kappa shape index (κ1) is 16.2. The molecule has 0 radical (unpaired) electrons. The number of hydrogen-bond donors (Lipinski definition) is 2. The molecule has 0 bridgehead atoms. The molecule has 6 nitrogen and oxygen atoms in total. The van der Waals surface area contributed by atoms with Gasteiger partial charge in [0, 0.05) is 44.8 Å². The maximum absolute atomic E-state index is 12.4. The summed E-state index contributed by atoms with van der Waals surface area (Å²) in [6.07, 6.45) is 5.12. The predicted octanol–water partition coefficient (Wildman–Crippen LogP) is 1.36. The van der Waals surface area contributed by atoms with Gasteiger partial charge in [-0.25, -0.2) is 4.98 Å². The number of amides is 1. The van der Waals surface area contributed by atoms with Crippen LogP contribution in [0.2, 0.25) is 0 Å². The average Bonchev–Trinajstić information content (AvgIpc) is 2.89. The third-order valence-electron chi connectivity index (χ3n) is 4.44. The zero-order valence-electron chi connectivity index (χ0n) is 13.6. The van der Waals surface area contributed by atoms with Gasteiger partial charge in [0.25, 0.3) is 5.91 Å². The number of likely N-dealkylation sites (tertiary alicyclic amines) is 1. The van der Waals surface area contributed by atoms with Gasteiger partial charge in [0.15, 0.2) is 0 Å². The van der Waals surface area contributed by atoms with Crippen molar-refractivity contribution in [2.75, 3.05) is 51.3 Å². The summed E-state index contributed by atoms with van der Waals surface area (Å²) < 4.78 is 5.54. The Bertz CT molecular complexity index is 492. The van der Waals surface area contributed by atoms with E-state index in [0.29, 0.717) is 11.5 Å². The SMILES string of the molecule is O=C(c1ccc(NC[C@H]2CNCCOC2)nc1)N1CCCCC1. The molecule has 3 rings (SSSR count). The number of anilines is 1. The third-order valence-corrected chi connectivity index (χ3v) is 4.44. The molecular weight excluding hydrogens is 292 g/mol. The fourth-order valence-electron chi connectivity index (χ4n) is 3.04. The second-order valence-corrected chi connectivity index (χ2v) is 6.31. The van der Waals surface area contributed by atoms with Crippen LogP contribution >= 0.6 is 0 Å². The van der Waals surface area contributed by atoms with Crippen LogP contribution in [0.15, 0.2) is 18.3 Å². The van der Waals surface area contributed by atoms with Crippen molar-refractivity contribution in [1.29, 1.82) is 0 Å². The number of piperidine rings is 1. The van der Waals surface area contributed by atoms with Gasteiger partial charge in [-0.1, -0.05) is 0 Å². The summed E-state index contributed by atoms with van der Waals surface area (Å²) in [6, 6.07) is 3.76. The summed E-state index contributed by atoms with van der Waals surface area (Å²) >= 11 is 0. The van der Waals surface area contributed by atoms with E-state index < -0.39 is 0 Å². The lowest BCUT2D eigenvalue weighted by molar-refractivity contribution is 0.0724. The van der Waals surface area contributed by atoms with E-state index in [1.54, 1.807) is 6.20 Å². The van der Waals surface area contributed by atoms with Crippen molar-refractivity contribution in [2.45, 2.75) is 19.3 Å². The van der Waals surface area contributed by atoms with Crippen LogP contribution in [0, 0.1) is 5.92 Å². The van der Waals surface area contributed by atoms with Crippen LogP contribution in [0.3, 0.4) is 0 Å². The highest BCUT2D eigenvalue weighted by atomic mass is 16.5. The molecule has 0 aliphatic carbocycles. The quantitative estimate of drug-likeness (QED) is 0.877. The molecule has 0 unspecified atom stereocenters.